The third kappa shape index (κ3) is 15.3. The highest BCUT2D eigenvalue weighted by atomic mass is 16.6. The van der Waals surface area contributed by atoms with Crippen LogP contribution in [0.3, 0.4) is 0 Å². The van der Waals surface area contributed by atoms with Gasteiger partial charge in [0.25, 0.3) is 0 Å². The molecule has 7 atom stereocenters. The third-order valence-electron chi connectivity index (χ3n) is 15.0. The molecule has 61 heavy (non-hydrogen) atoms. The number of nitrogens with one attached hydrogen (secondary N) is 3. The standard InChI is InChI=1S/C51H92N4O6/c1-36(2)19-15-16-20-37-22-24-41-40-23-21-38-35-39(25-27-51(38,14)42(40)26-28-50(37,41)13)59-45(58)55(34-30-49(11,12)54-44(57)61-47(6,7)8)33-18-17-31-52-32-29-48(9,10)53-43(56)60-46(3,4)5/h21,36-37,39-42,52H,15-20,22-35H2,1-14H3,(H,53,56)(H,54,57)/t37-,39-,40-,41-,42-,50+,51-/m0/s1. The molecule has 0 aliphatic heterocycles. The molecule has 0 aromatic rings. The summed E-state index contributed by atoms with van der Waals surface area (Å²) in [6, 6.07) is 0. The van der Waals surface area contributed by atoms with Crippen LogP contribution >= 0.6 is 0 Å². The first-order valence-corrected chi connectivity index (χ1v) is 24.6. The van der Waals surface area contributed by atoms with Crippen molar-refractivity contribution >= 4 is 18.3 Å². The quantitative estimate of drug-likeness (QED) is 0.0672. The van der Waals surface area contributed by atoms with Crippen LogP contribution in [0.15, 0.2) is 11.6 Å². The Hall–Kier alpha value is -2.49. The number of unbranched alkanes of at least 4 members (excludes halogenated alkanes) is 2. The smallest absolute Gasteiger partial charge is 0.410 e. The van der Waals surface area contributed by atoms with Crippen molar-refractivity contribution in [3.8, 4) is 0 Å². The van der Waals surface area contributed by atoms with Crippen LogP contribution in [-0.2, 0) is 14.2 Å². The molecule has 4 aliphatic rings. The van der Waals surface area contributed by atoms with Crippen molar-refractivity contribution in [1.82, 2.24) is 20.9 Å². The van der Waals surface area contributed by atoms with E-state index < -0.39 is 34.5 Å². The van der Waals surface area contributed by atoms with E-state index in [4.69, 9.17) is 14.2 Å². The van der Waals surface area contributed by atoms with Crippen molar-refractivity contribution in [1.29, 1.82) is 0 Å². The Labute approximate surface area is 373 Å². The van der Waals surface area contributed by atoms with Crippen LogP contribution in [-0.4, -0.2) is 77.7 Å². The van der Waals surface area contributed by atoms with Crippen LogP contribution < -0.4 is 16.0 Å². The first-order valence-electron chi connectivity index (χ1n) is 24.6. The number of nitrogens with zero attached hydrogens (tertiary/aromatic N) is 1. The average Bonchev–Trinajstić information content (AvgIpc) is 3.44. The second-order valence-electron chi connectivity index (χ2n) is 24.0. The van der Waals surface area contributed by atoms with Gasteiger partial charge in [0.1, 0.15) is 17.3 Å². The first kappa shape index (κ1) is 51.1. The fourth-order valence-electron chi connectivity index (χ4n) is 11.5. The van der Waals surface area contributed by atoms with Gasteiger partial charge in [0, 0.05) is 30.6 Å². The molecular weight excluding hydrogens is 765 g/mol. The van der Waals surface area contributed by atoms with Crippen molar-refractivity contribution in [3.05, 3.63) is 11.6 Å². The average molecular weight is 857 g/mol. The Morgan fingerprint density at radius 1 is 0.754 bits per heavy atom. The van der Waals surface area contributed by atoms with Gasteiger partial charge in [0.2, 0.25) is 0 Å². The summed E-state index contributed by atoms with van der Waals surface area (Å²) < 4.78 is 17.4. The van der Waals surface area contributed by atoms with Gasteiger partial charge >= 0.3 is 18.3 Å². The van der Waals surface area contributed by atoms with E-state index in [1.807, 2.05) is 74.1 Å². The predicted octanol–water partition coefficient (Wildman–Crippen LogP) is 12.3. The normalized spacial score (nSPS) is 27.9. The number of carbonyl (C=O) groups excluding carboxylic acids is 3. The van der Waals surface area contributed by atoms with Crippen LogP contribution in [0.25, 0.3) is 0 Å². The molecule has 3 N–H and O–H groups in total. The number of rotatable bonds is 19. The maximum absolute atomic E-state index is 14.1. The number of ether oxygens (including phenoxy) is 3. The van der Waals surface area contributed by atoms with Gasteiger partial charge in [-0.2, -0.15) is 0 Å². The van der Waals surface area contributed by atoms with Gasteiger partial charge in [0.05, 0.1) is 0 Å². The number of carbonyl (C=O) groups is 3. The maximum atomic E-state index is 14.1. The second-order valence-corrected chi connectivity index (χ2v) is 24.0. The lowest BCUT2D eigenvalue weighted by molar-refractivity contribution is -0.0534. The topological polar surface area (TPSA) is 118 Å². The molecule has 352 valence electrons. The minimum Gasteiger partial charge on any atom is -0.446 e. The van der Waals surface area contributed by atoms with Crippen LogP contribution in [0.2, 0.25) is 0 Å². The van der Waals surface area contributed by atoms with E-state index >= 15 is 0 Å². The van der Waals surface area contributed by atoms with Crippen molar-refractivity contribution in [2.45, 2.75) is 228 Å². The summed E-state index contributed by atoms with van der Waals surface area (Å²) in [6.45, 7) is 31.6. The van der Waals surface area contributed by atoms with Crippen LogP contribution in [0.5, 0.6) is 0 Å². The molecule has 0 unspecified atom stereocenters. The largest absolute Gasteiger partial charge is 0.446 e. The summed E-state index contributed by atoms with van der Waals surface area (Å²) in [5.74, 6) is 4.07. The molecule has 4 rings (SSSR count). The number of alkyl carbamates (subject to hydrolysis) is 2. The summed E-state index contributed by atoms with van der Waals surface area (Å²) in [5.41, 5.74) is 0.113. The summed E-state index contributed by atoms with van der Waals surface area (Å²) in [7, 11) is 0. The van der Waals surface area contributed by atoms with Gasteiger partial charge in [-0.1, -0.05) is 58.6 Å². The van der Waals surface area contributed by atoms with Gasteiger partial charge in [-0.25, -0.2) is 14.4 Å². The molecule has 3 fully saturated rings. The van der Waals surface area contributed by atoms with Crippen molar-refractivity contribution in [3.63, 3.8) is 0 Å². The van der Waals surface area contributed by atoms with Gasteiger partial charge in [-0.3, -0.25) is 0 Å². The Balaban J connectivity index is 1.32. The number of hydrogen-bond donors (Lipinski definition) is 3. The van der Waals surface area contributed by atoms with Crippen LogP contribution in [0.4, 0.5) is 14.4 Å². The molecule has 0 aromatic carbocycles. The molecule has 0 bridgehead atoms. The van der Waals surface area contributed by atoms with E-state index in [2.05, 4.69) is 49.7 Å². The van der Waals surface area contributed by atoms with Crippen molar-refractivity contribution in [2.24, 2.45) is 40.4 Å². The lowest BCUT2D eigenvalue weighted by Crippen LogP contribution is -2.51. The molecule has 4 aliphatic carbocycles. The van der Waals surface area contributed by atoms with Gasteiger partial charge < -0.3 is 35.1 Å². The van der Waals surface area contributed by atoms with Crippen molar-refractivity contribution in [2.75, 3.05) is 26.2 Å². The van der Waals surface area contributed by atoms with E-state index in [-0.39, 0.29) is 17.6 Å². The van der Waals surface area contributed by atoms with E-state index in [0.29, 0.717) is 24.9 Å². The minimum absolute atomic E-state index is 0.117. The zero-order valence-corrected chi connectivity index (χ0v) is 41.6. The SMILES string of the molecule is CC(C)CCCC[C@H]1CC[C@H]2[C@@H]3CC=C4C[C@@H](OC(=O)N(CCCCNCCC(C)(C)NC(=O)OC(C)(C)C)CCC(C)(C)NC(=O)OC(C)(C)C)CC[C@]4(C)[C@H]3CC[C@]12C. The number of amides is 3. The monoisotopic (exact) mass is 857 g/mol. The minimum atomic E-state index is -0.594. The van der Waals surface area contributed by atoms with Gasteiger partial charge in [-0.15, -0.1) is 0 Å². The highest BCUT2D eigenvalue weighted by molar-refractivity contribution is 5.69. The summed E-state index contributed by atoms with van der Waals surface area (Å²) in [4.78, 5) is 40.9. The number of allylic oxidation sites excluding steroid dienone is 1. The Morgan fingerprint density at radius 3 is 2.02 bits per heavy atom. The zero-order valence-electron chi connectivity index (χ0n) is 41.6. The first-order chi connectivity index (χ1) is 28.2. The lowest BCUT2D eigenvalue weighted by Gasteiger charge is -2.58. The zero-order chi connectivity index (χ0) is 45.4. The van der Waals surface area contributed by atoms with Gasteiger partial charge in [0.15, 0.2) is 0 Å². The van der Waals surface area contributed by atoms with Gasteiger partial charge in [-0.05, 0) is 200 Å². The highest BCUT2D eigenvalue weighted by Gasteiger charge is 2.58. The summed E-state index contributed by atoms with van der Waals surface area (Å²) in [5, 5.41) is 9.50. The third-order valence-corrected chi connectivity index (χ3v) is 15.0. The van der Waals surface area contributed by atoms with E-state index in [1.54, 1.807) is 0 Å². The number of hydrogen-bond acceptors (Lipinski definition) is 7. The van der Waals surface area contributed by atoms with Crippen molar-refractivity contribution < 1.29 is 28.6 Å². The molecule has 3 amide bonds. The molecule has 0 radical (unpaired) electrons. The second kappa shape index (κ2) is 21.0. The molecule has 0 heterocycles. The molecule has 0 spiro atoms. The molecule has 10 nitrogen and oxygen atoms in total. The molecule has 0 saturated heterocycles. The number of fused-ring (bicyclic) bond motifs is 5. The van der Waals surface area contributed by atoms with E-state index in [1.165, 1.54) is 63.4 Å². The maximum Gasteiger partial charge on any atom is 0.410 e. The highest BCUT2D eigenvalue weighted by Crippen LogP contribution is 2.67. The van der Waals surface area contributed by atoms with E-state index in [0.717, 1.165) is 81.2 Å². The Bertz CT molecular complexity index is 1480. The van der Waals surface area contributed by atoms with E-state index in [9.17, 15) is 14.4 Å². The summed E-state index contributed by atoms with van der Waals surface area (Å²) >= 11 is 0. The lowest BCUT2D eigenvalue weighted by atomic mass is 9.47. The Morgan fingerprint density at radius 2 is 1.39 bits per heavy atom. The predicted molar refractivity (Wildman–Crippen MR) is 249 cm³/mol. The fourth-order valence-corrected chi connectivity index (χ4v) is 11.5. The molecule has 3 saturated carbocycles. The Kier molecular flexibility index (Phi) is 17.6. The fraction of sp³-hybridized carbons (Fsp3) is 0.902. The summed E-state index contributed by atoms with van der Waals surface area (Å²) in [6.07, 6.45) is 19.5. The molecule has 10 heteroatoms. The van der Waals surface area contributed by atoms with Crippen LogP contribution in [0, 0.1) is 40.4 Å². The van der Waals surface area contributed by atoms with Crippen LogP contribution in [0.1, 0.15) is 200 Å². The molecule has 0 aromatic heterocycles. The molecular formula is C51H92N4O6.